The van der Waals surface area contributed by atoms with E-state index in [1.165, 1.54) is 17.0 Å². The van der Waals surface area contributed by atoms with E-state index in [2.05, 4.69) is 14.9 Å². The van der Waals surface area contributed by atoms with Gasteiger partial charge in [0.1, 0.15) is 17.3 Å². The molecule has 1 saturated heterocycles. The number of nitrogens with zero attached hydrogens (tertiary/aromatic N) is 6. The third-order valence-electron chi connectivity index (χ3n) is 6.62. The predicted octanol–water partition coefficient (Wildman–Crippen LogP) is 3.01. The van der Waals surface area contributed by atoms with Crippen LogP contribution in [-0.4, -0.2) is 78.6 Å². The molecule has 0 N–H and O–H groups in total. The Morgan fingerprint density at radius 3 is 2.64 bits per heavy atom. The minimum Gasteiger partial charge on any atom is -0.496 e. The molecule has 10 heteroatoms. The quantitative estimate of drug-likeness (QED) is 0.509. The van der Waals surface area contributed by atoms with Crippen molar-refractivity contribution in [3.63, 3.8) is 0 Å². The fraction of sp³-hybridized carbons (Fsp3) is 0.308. The van der Waals surface area contributed by atoms with Gasteiger partial charge in [0, 0.05) is 39.8 Å². The van der Waals surface area contributed by atoms with Crippen LogP contribution in [0, 0.1) is 5.82 Å². The summed E-state index contributed by atoms with van der Waals surface area (Å²) in [5, 5.41) is 0. The number of carbonyl (C=O) groups is 2. The predicted molar refractivity (Wildman–Crippen MR) is 133 cm³/mol. The normalized spacial score (nSPS) is 17.8. The summed E-state index contributed by atoms with van der Waals surface area (Å²) in [6.45, 7) is 2.90. The number of hydrogen-bond acceptors (Lipinski definition) is 7. The van der Waals surface area contributed by atoms with Crippen molar-refractivity contribution in [3.8, 4) is 17.1 Å². The van der Waals surface area contributed by atoms with Crippen molar-refractivity contribution in [2.75, 3.05) is 50.1 Å². The van der Waals surface area contributed by atoms with E-state index in [0.717, 1.165) is 17.4 Å². The van der Waals surface area contributed by atoms with Crippen LogP contribution in [0.1, 0.15) is 5.56 Å². The molecule has 1 unspecified atom stereocenters. The molecule has 9 nitrogen and oxygen atoms in total. The fourth-order valence-corrected chi connectivity index (χ4v) is 4.71. The first kappa shape index (κ1) is 23.7. The van der Waals surface area contributed by atoms with Gasteiger partial charge in [-0.05, 0) is 29.8 Å². The summed E-state index contributed by atoms with van der Waals surface area (Å²) >= 11 is 0. The number of likely N-dealkylation sites (N-methyl/N-ethyl adjacent to an activating group) is 1. The lowest BCUT2D eigenvalue weighted by molar-refractivity contribution is -0.108. The average Bonchev–Trinajstić information content (AvgIpc) is 3.19. The van der Waals surface area contributed by atoms with Crippen LogP contribution in [0.15, 0.2) is 54.7 Å². The van der Waals surface area contributed by atoms with E-state index in [1.807, 2.05) is 30.3 Å². The largest absolute Gasteiger partial charge is 0.496 e. The number of methoxy groups -OCH3 is 1. The van der Waals surface area contributed by atoms with Crippen LogP contribution in [0.25, 0.3) is 11.4 Å². The summed E-state index contributed by atoms with van der Waals surface area (Å²) in [4.78, 5) is 41.8. The molecule has 0 spiro atoms. The Bertz CT molecular complexity index is 1280. The zero-order valence-electron chi connectivity index (χ0n) is 20.2. The van der Waals surface area contributed by atoms with Gasteiger partial charge in [-0.3, -0.25) is 14.6 Å². The van der Waals surface area contributed by atoms with Gasteiger partial charge < -0.3 is 14.5 Å². The molecule has 5 rings (SSSR count). The number of hydrogen-bond donors (Lipinski definition) is 0. The van der Waals surface area contributed by atoms with Crippen LogP contribution in [-0.2, 0) is 11.3 Å². The van der Waals surface area contributed by atoms with Gasteiger partial charge in [-0.25, -0.2) is 19.2 Å². The van der Waals surface area contributed by atoms with Crippen molar-refractivity contribution in [2.45, 2.75) is 12.7 Å². The van der Waals surface area contributed by atoms with E-state index in [0.29, 0.717) is 55.8 Å². The summed E-state index contributed by atoms with van der Waals surface area (Å²) in [5.74, 6) is 1.33. The number of fused-ring (bicyclic) bond motifs is 1. The van der Waals surface area contributed by atoms with E-state index in [-0.39, 0.29) is 11.8 Å². The molecule has 0 bridgehead atoms. The standard InChI is InChI=1S/C26H27FN6O3/c1-30-23(17-34)33(21-15-28-24(29-25(21)30)20-8-3-4-9-22(20)36-2)26(35)32-12-10-31(11-13-32)16-18-6-5-7-19(27)14-18/h3-9,14-15,17,23H,10-13,16H2,1-2H3. The van der Waals surface area contributed by atoms with Crippen molar-refractivity contribution in [1.29, 1.82) is 0 Å². The zero-order valence-corrected chi connectivity index (χ0v) is 20.2. The maximum Gasteiger partial charge on any atom is 0.326 e. The van der Waals surface area contributed by atoms with E-state index in [9.17, 15) is 14.0 Å². The Kier molecular flexibility index (Phi) is 6.51. The number of anilines is 2. The number of aromatic nitrogens is 2. The van der Waals surface area contributed by atoms with Crippen LogP contribution >= 0.6 is 0 Å². The second-order valence-corrected chi connectivity index (χ2v) is 8.81. The SMILES string of the molecule is COc1ccccc1-c1ncc2c(n1)N(C)C(C=O)N2C(=O)N1CCN(Cc2cccc(F)c2)CC1. The minimum absolute atomic E-state index is 0.255. The summed E-state index contributed by atoms with van der Waals surface area (Å²) in [6.07, 6.45) is 1.50. The Labute approximate surface area is 208 Å². The second-order valence-electron chi connectivity index (χ2n) is 8.81. The van der Waals surface area contributed by atoms with Gasteiger partial charge in [0.25, 0.3) is 0 Å². The summed E-state index contributed by atoms with van der Waals surface area (Å²) < 4.78 is 19.0. The number of aldehydes is 1. The molecule has 1 aromatic heterocycles. The molecule has 2 aliphatic rings. The third-order valence-corrected chi connectivity index (χ3v) is 6.62. The molecule has 3 aromatic rings. The number of para-hydroxylation sites is 1. The average molecular weight is 491 g/mol. The summed E-state index contributed by atoms with van der Waals surface area (Å²) in [5.41, 5.74) is 2.10. The first-order valence-corrected chi connectivity index (χ1v) is 11.7. The number of rotatable bonds is 5. The Balaban J connectivity index is 1.34. The highest BCUT2D eigenvalue weighted by atomic mass is 19.1. The van der Waals surface area contributed by atoms with E-state index >= 15 is 0 Å². The minimum atomic E-state index is -0.819. The number of urea groups is 1. The van der Waals surface area contributed by atoms with Crippen molar-refractivity contribution in [3.05, 3.63) is 66.1 Å². The molecule has 1 fully saturated rings. The molecular weight excluding hydrogens is 463 g/mol. The van der Waals surface area contributed by atoms with Gasteiger partial charge in [-0.2, -0.15) is 0 Å². The molecule has 3 heterocycles. The van der Waals surface area contributed by atoms with Gasteiger partial charge >= 0.3 is 6.03 Å². The summed E-state index contributed by atoms with van der Waals surface area (Å²) in [6, 6.07) is 13.7. The topological polar surface area (TPSA) is 82.1 Å². The van der Waals surface area contributed by atoms with Crippen LogP contribution in [0.2, 0.25) is 0 Å². The molecule has 1 atom stereocenters. The number of ether oxygens (including phenoxy) is 1. The Morgan fingerprint density at radius 2 is 1.92 bits per heavy atom. The number of benzene rings is 2. The van der Waals surface area contributed by atoms with Crippen LogP contribution in [0.5, 0.6) is 5.75 Å². The first-order valence-electron chi connectivity index (χ1n) is 11.7. The van der Waals surface area contributed by atoms with Crippen molar-refractivity contribution in [2.24, 2.45) is 0 Å². The molecule has 36 heavy (non-hydrogen) atoms. The van der Waals surface area contributed by atoms with E-state index < -0.39 is 6.17 Å². The number of piperazine rings is 1. The highest BCUT2D eigenvalue weighted by Gasteiger charge is 2.41. The monoisotopic (exact) mass is 490 g/mol. The molecular formula is C26H27FN6O3. The Hall–Kier alpha value is -4.05. The molecule has 2 aromatic carbocycles. The highest BCUT2D eigenvalue weighted by molar-refractivity contribution is 6.03. The number of carbonyl (C=O) groups excluding carboxylic acids is 2. The number of halogens is 1. The lowest BCUT2D eigenvalue weighted by Gasteiger charge is -2.37. The molecule has 2 aliphatic heterocycles. The molecule has 0 aliphatic carbocycles. The fourth-order valence-electron chi connectivity index (χ4n) is 4.71. The van der Waals surface area contributed by atoms with Crippen LogP contribution in [0.3, 0.4) is 0 Å². The van der Waals surface area contributed by atoms with Crippen molar-refractivity contribution >= 4 is 23.8 Å². The van der Waals surface area contributed by atoms with Gasteiger partial charge in [0.15, 0.2) is 24.1 Å². The maximum atomic E-state index is 13.6. The maximum absolute atomic E-state index is 13.6. The second kappa shape index (κ2) is 9.90. The molecule has 186 valence electrons. The van der Waals surface area contributed by atoms with Crippen LogP contribution in [0.4, 0.5) is 20.7 Å². The molecule has 0 saturated carbocycles. The molecule has 0 radical (unpaired) electrons. The molecule has 2 amide bonds. The van der Waals surface area contributed by atoms with Gasteiger partial charge in [0.05, 0.1) is 18.9 Å². The highest BCUT2D eigenvalue weighted by Crippen LogP contribution is 2.39. The van der Waals surface area contributed by atoms with E-state index in [1.54, 1.807) is 36.2 Å². The summed E-state index contributed by atoms with van der Waals surface area (Å²) in [7, 11) is 3.32. The lowest BCUT2D eigenvalue weighted by Crippen LogP contribution is -2.56. The van der Waals surface area contributed by atoms with Crippen molar-refractivity contribution < 1.29 is 18.7 Å². The van der Waals surface area contributed by atoms with Gasteiger partial charge in [-0.15, -0.1) is 0 Å². The van der Waals surface area contributed by atoms with E-state index in [4.69, 9.17) is 4.74 Å². The third kappa shape index (κ3) is 4.35. The number of amides is 2. The smallest absolute Gasteiger partial charge is 0.326 e. The zero-order chi connectivity index (χ0) is 25.2. The Morgan fingerprint density at radius 1 is 1.14 bits per heavy atom. The van der Waals surface area contributed by atoms with Gasteiger partial charge in [-0.1, -0.05) is 24.3 Å². The lowest BCUT2D eigenvalue weighted by atomic mass is 10.2. The van der Waals surface area contributed by atoms with Crippen LogP contribution < -0.4 is 14.5 Å². The van der Waals surface area contributed by atoms with Gasteiger partial charge in [0.2, 0.25) is 0 Å². The first-order chi connectivity index (χ1) is 17.5. The van der Waals surface area contributed by atoms with Crippen molar-refractivity contribution in [1.82, 2.24) is 19.8 Å².